The Bertz CT molecular complexity index is 3650. The maximum atomic E-state index is 5.46. The molecule has 0 saturated heterocycles. The Labute approximate surface area is 404 Å². The predicted octanol–water partition coefficient (Wildman–Crippen LogP) is 18.0. The highest BCUT2D eigenvalue weighted by atomic mass is 14.7. The van der Waals surface area contributed by atoms with Crippen molar-refractivity contribution >= 4 is 21.8 Å². The summed E-state index contributed by atoms with van der Waals surface area (Å²) in [6.07, 6.45) is 8.98. The molecular weight excluding hydrogens is 833 g/mol. The van der Waals surface area contributed by atoms with Crippen LogP contribution in [0.4, 0.5) is 0 Å². The van der Waals surface area contributed by atoms with Gasteiger partial charge in [-0.2, -0.15) is 0 Å². The summed E-state index contributed by atoms with van der Waals surface area (Å²) in [4.78, 5) is 10.9. The van der Waals surface area contributed by atoms with Crippen molar-refractivity contribution in [3.8, 4) is 89.3 Å². The highest BCUT2D eigenvalue weighted by Gasteiger charge is 2.21. The lowest BCUT2D eigenvalue weighted by atomic mass is 9.82. The van der Waals surface area contributed by atoms with Crippen LogP contribution >= 0.6 is 0 Å². The molecule has 9 aromatic carbocycles. The molecule has 2 heteroatoms. The molecule has 326 valence electrons. The number of hydrogen-bond acceptors (Lipinski definition) is 2. The normalized spacial score (nSPS) is 14.3. The topological polar surface area (TPSA) is 25.8 Å². The van der Waals surface area contributed by atoms with Gasteiger partial charge in [-0.25, -0.2) is 9.97 Å². The zero-order valence-corrected chi connectivity index (χ0v) is 38.4. The molecule has 0 saturated carbocycles. The van der Waals surface area contributed by atoms with E-state index in [-0.39, 0.29) is 5.92 Å². The van der Waals surface area contributed by atoms with Gasteiger partial charge in [0.2, 0.25) is 0 Å². The molecule has 11 aromatic rings. The number of benzene rings is 9. The molecule has 0 aliphatic heterocycles. The van der Waals surface area contributed by atoms with Gasteiger partial charge in [0.15, 0.2) is 0 Å². The van der Waals surface area contributed by atoms with Gasteiger partial charge in [0.1, 0.15) is 0 Å². The minimum absolute atomic E-state index is 0.276. The Morgan fingerprint density at radius 2 is 0.652 bits per heavy atom. The molecule has 0 fully saturated rings. The fourth-order valence-electron chi connectivity index (χ4n) is 10.1. The zero-order chi connectivity index (χ0) is 46.1. The lowest BCUT2D eigenvalue weighted by Gasteiger charge is -2.23. The number of rotatable bonds is 9. The number of fused-ring (bicyclic) bond motifs is 2. The number of allylic oxidation sites excluding steroid dienone is 4. The van der Waals surface area contributed by atoms with Gasteiger partial charge < -0.3 is 0 Å². The van der Waals surface area contributed by atoms with Gasteiger partial charge in [-0.15, -0.1) is 0 Å². The minimum atomic E-state index is 0.276. The molecule has 2 heterocycles. The van der Waals surface area contributed by atoms with Gasteiger partial charge >= 0.3 is 0 Å². The third-order valence-electron chi connectivity index (χ3n) is 13.7. The highest BCUT2D eigenvalue weighted by Crippen LogP contribution is 2.41. The second-order valence-electron chi connectivity index (χ2n) is 18.2. The average molecular weight is 881 g/mol. The smallest absolute Gasteiger partial charge is 0.0716 e. The van der Waals surface area contributed by atoms with Crippen LogP contribution in [0.1, 0.15) is 18.4 Å². The van der Waals surface area contributed by atoms with Crippen molar-refractivity contribution in [2.45, 2.75) is 12.8 Å². The Balaban J connectivity index is 0.996. The summed E-state index contributed by atoms with van der Waals surface area (Å²) in [7, 11) is 0. The maximum Gasteiger partial charge on any atom is 0.0716 e. The fourth-order valence-corrected chi connectivity index (χ4v) is 10.1. The summed E-state index contributed by atoms with van der Waals surface area (Å²) in [5.74, 6) is 0.664. The molecule has 0 radical (unpaired) electrons. The number of pyridine rings is 2. The summed E-state index contributed by atoms with van der Waals surface area (Å²) in [5.41, 5.74) is 21.2. The van der Waals surface area contributed by atoms with Crippen LogP contribution in [-0.4, -0.2) is 9.97 Å². The molecule has 0 spiro atoms. The third kappa shape index (κ3) is 8.39. The lowest BCUT2D eigenvalue weighted by Crippen LogP contribution is -2.07. The largest absolute Gasteiger partial charge is 0.248 e. The van der Waals surface area contributed by atoms with Gasteiger partial charge in [0, 0.05) is 27.8 Å². The van der Waals surface area contributed by atoms with Crippen LogP contribution in [0, 0.1) is 5.92 Å². The fraction of sp³-hybridized carbons (Fsp3) is 0.0448. The molecule has 0 bridgehead atoms. The first-order chi connectivity index (χ1) is 34.1. The average Bonchev–Trinajstić information content (AvgIpc) is 3.43. The number of nitrogens with zero attached hydrogens (tertiary/aromatic N) is 2. The standard InChI is InChI=1S/C67H48N2/c1-45-19-17-18-30-59(45)56-36-55(48-24-11-4-12-25-48)39-58(40-56)67-44-61(50-28-15-6-16-29-50)63-42-52(32-34-65(63)69-67)51-31-33-64-62(41-51)60(49-26-13-5-14-27-49)43-66(68-64)57-37-53(46-20-7-2-8-21-46)35-54(38-57)47-22-9-3-10-23-47/h2-45,59H,1H3. The maximum absolute atomic E-state index is 5.46. The van der Waals surface area contributed by atoms with Crippen LogP contribution in [0.15, 0.2) is 261 Å². The first kappa shape index (κ1) is 41.7. The number of hydrogen-bond donors (Lipinski definition) is 0. The van der Waals surface area contributed by atoms with Gasteiger partial charge in [-0.3, -0.25) is 0 Å². The molecule has 2 unspecified atom stereocenters. The van der Waals surface area contributed by atoms with Gasteiger partial charge in [-0.1, -0.05) is 201 Å². The highest BCUT2D eigenvalue weighted by molar-refractivity contribution is 6.02. The SMILES string of the molecule is CC1C=CC=CC1c1cc(-c2ccccc2)cc(-c2cc(-c3ccccc3)c3cc(-c4ccc5nc(-c6cc(-c7ccccc7)cc(-c7ccccc7)c6)cc(-c6ccccc6)c5c4)ccc3n2)c1. The van der Waals surface area contributed by atoms with E-state index in [9.17, 15) is 0 Å². The van der Waals surface area contributed by atoms with Crippen LogP contribution in [0.25, 0.3) is 111 Å². The quantitative estimate of drug-likeness (QED) is 0.144. The molecule has 12 rings (SSSR count). The van der Waals surface area contributed by atoms with Gasteiger partial charge in [0.05, 0.1) is 22.4 Å². The van der Waals surface area contributed by atoms with Crippen LogP contribution in [0.3, 0.4) is 0 Å². The minimum Gasteiger partial charge on any atom is -0.248 e. The first-order valence-corrected chi connectivity index (χ1v) is 23.9. The number of aromatic nitrogens is 2. The van der Waals surface area contributed by atoms with E-state index in [1.807, 2.05) is 0 Å². The van der Waals surface area contributed by atoms with E-state index in [0.717, 1.165) is 88.8 Å². The summed E-state index contributed by atoms with van der Waals surface area (Å²) >= 11 is 0. The van der Waals surface area contributed by atoms with E-state index in [1.165, 1.54) is 27.8 Å². The predicted molar refractivity (Wildman–Crippen MR) is 291 cm³/mol. The molecule has 2 atom stereocenters. The Morgan fingerprint density at radius 3 is 1.09 bits per heavy atom. The molecule has 1 aliphatic rings. The molecule has 2 nitrogen and oxygen atoms in total. The Hall–Kier alpha value is -8.72. The van der Waals surface area contributed by atoms with Gasteiger partial charge in [-0.05, 0) is 145 Å². The van der Waals surface area contributed by atoms with Crippen molar-refractivity contribution in [1.82, 2.24) is 9.97 Å². The molecule has 69 heavy (non-hydrogen) atoms. The van der Waals surface area contributed by atoms with E-state index in [0.29, 0.717) is 5.92 Å². The van der Waals surface area contributed by atoms with Crippen molar-refractivity contribution in [2.75, 3.05) is 0 Å². The van der Waals surface area contributed by atoms with Crippen molar-refractivity contribution in [3.05, 3.63) is 266 Å². The van der Waals surface area contributed by atoms with Crippen LogP contribution < -0.4 is 0 Å². The summed E-state index contributed by atoms with van der Waals surface area (Å²) in [5, 5.41) is 2.22. The monoisotopic (exact) mass is 880 g/mol. The molecule has 2 aromatic heterocycles. The van der Waals surface area contributed by atoms with E-state index in [2.05, 4.69) is 268 Å². The Kier molecular flexibility index (Phi) is 11.0. The Morgan fingerprint density at radius 1 is 0.290 bits per heavy atom. The van der Waals surface area contributed by atoms with Crippen LogP contribution in [0.2, 0.25) is 0 Å². The van der Waals surface area contributed by atoms with E-state index < -0.39 is 0 Å². The molecule has 0 N–H and O–H groups in total. The molecule has 0 amide bonds. The third-order valence-corrected chi connectivity index (χ3v) is 13.7. The van der Waals surface area contributed by atoms with Crippen molar-refractivity contribution in [3.63, 3.8) is 0 Å². The summed E-state index contributed by atoms with van der Waals surface area (Å²) < 4.78 is 0. The van der Waals surface area contributed by atoms with Gasteiger partial charge in [0.25, 0.3) is 0 Å². The lowest BCUT2D eigenvalue weighted by molar-refractivity contribution is 0.635. The molecule has 1 aliphatic carbocycles. The molecular formula is C67H48N2. The van der Waals surface area contributed by atoms with E-state index in [1.54, 1.807) is 0 Å². The van der Waals surface area contributed by atoms with Crippen LogP contribution in [0.5, 0.6) is 0 Å². The zero-order valence-electron chi connectivity index (χ0n) is 38.4. The summed E-state index contributed by atoms with van der Waals surface area (Å²) in [6, 6.07) is 85.4. The van der Waals surface area contributed by atoms with E-state index in [4.69, 9.17) is 9.97 Å². The van der Waals surface area contributed by atoms with E-state index >= 15 is 0 Å². The second-order valence-corrected chi connectivity index (χ2v) is 18.2. The van der Waals surface area contributed by atoms with Crippen LogP contribution in [-0.2, 0) is 0 Å². The van der Waals surface area contributed by atoms with Crippen molar-refractivity contribution < 1.29 is 0 Å². The van der Waals surface area contributed by atoms with Crippen molar-refractivity contribution in [2.24, 2.45) is 5.92 Å². The second kappa shape index (κ2) is 18.2. The summed E-state index contributed by atoms with van der Waals surface area (Å²) in [6.45, 7) is 2.30. The van der Waals surface area contributed by atoms with Crippen molar-refractivity contribution in [1.29, 1.82) is 0 Å². The first-order valence-electron chi connectivity index (χ1n) is 23.9.